The summed E-state index contributed by atoms with van der Waals surface area (Å²) in [6.07, 6.45) is 2.91. The van der Waals surface area contributed by atoms with Crippen LogP contribution in [0.1, 0.15) is 49.3 Å². The first-order valence-corrected chi connectivity index (χ1v) is 10.3. The number of aromatic amines is 1. The highest BCUT2D eigenvalue weighted by molar-refractivity contribution is 6.00. The first kappa shape index (κ1) is 20.0. The Kier molecular flexibility index (Phi) is 5.74. The minimum absolute atomic E-state index is 0.0271. The molecule has 1 aliphatic rings. The number of ether oxygens (including phenoxy) is 2. The molecular weight excluding hydrogens is 378 g/mol. The fourth-order valence-electron chi connectivity index (χ4n) is 3.81. The third-order valence-corrected chi connectivity index (χ3v) is 5.62. The van der Waals surface area contributed by atoms with Gasteiger partial charge in [-0.3, -0.25) is 9.89 Å². The largest absolute Gasteiger partial charge is 0.497 e. The maximum absolute atomic E-state index is 13.3. The number of benzene rings is 2. The van der Waals surface area contributed by atoms with E-state index in [1.807, 2.05) is 55.5 Å². The number of carbonyl (C=O) groups is 1. The fraction of sp³-hybridized carbons (Fsp3) is 0.333. The molecule has 3 aromatic rings. The first-order valence-electron chi connectivity index (χ1n) is 10.3. The highest BCUT2D eigenvalue weighted by Crippen LogP contribution is 2.47. The number of hydrogen-bond donors (Lipinski definition) is 2. The van der Waals surface area contributed by atoms with Crippen LogP contribution in [0.25, 0.3) is 11.3 Å². The zero-order chi connectivity index (χ0) is 21.1. The second-order valence-electron chi connectivity index (χ2n) is 7.56. The van der Waals surface area contributed by atoms with E-state index in [0.717, 1.165) is 35.3 Å². The second-order valence-corrected chi connectivity index (χ2v) is 7.56. The highest BCUT2D eigenvalue weighted by atomic mass is 16.5. The molecule has 1 unspecified atom stereocenters. The molecule has 1 aromatic heterocycles. The van der Waals surface area contributed by atoms with Crippen molar-refractivity contribution in [3.05, 3.63) is 59.8 Å². The third kappa shape index (κ3) is 3.90. The van der Waals surface area contributed by atoms with Crippen molar-refractivity contribution in [3.63, 3.8) is 0 Å². The van der Waals surface area contributed by atoms with E-state index in [2.05, 4.69) is 15.5 Å². The lowest BCUT2D eigenvalue weighted by atomic mass is 9.95. The zero-order valence-electron chi connectivity index (χ0n) is 17.6. The van der Waals surface area contributed by atoms with Crippen LogP contribution in [0, 0.1) is 0 Å². The van der Waals surface area contributed by atoms with Crippen molar-refractivity contribution >= 4 is 11.6 Å². The van der Waals surface area contributed by atoms with Gasteiger partial charge in [-0.1, -0.05) is 37.3 Å². The highest BCUT2D eigenvalue weighted by Gasteiger charge is 2.32. The second kappa shape index (κ2) is 8.61. The van der Waals surface area contributed by atoms with E-state index in [1.165, 1.54) is 0 Å². The average molecular weight is 405 g/mol. The molecule has 6 nitrogen and oxygen atoms in total. The van der Waals surface area contributed by atoms with E-state index < -0.39 is 0 Å². The summed E-state index contributed by atoms with van der Waals surface area (Å²) < 4.78 is 10.9. The number of anilines is 1. The molecule has 1 heterocycles. The Bertz CT molecular complexity index is 1030. The van der Waals surface area contributed by atoms with Crippen LogP contribution in [0.3, 0.4) is 0 Å². The summed E-state index contributed by atoms with van der Waals surface area (Å²) >= 11 is 0. The smallest absolute Gasteiger partial charge is 0.232 e. The Morgan fingerprint density at radius 1 is 1.17 bits per heavy atom. The number of amides is 1. The molecule has 0 saturated heterocycles. The van der Waals surface area contributed by atoms with Crippen LogP contribution in [-0.4, -0.2) is 30.3 Å². The van der Waals surface area contributed by atoms with Crippen molar-refractivity contribution in [2.24, 2.45) is 0 Å². The minimum Gasteiger partial charge on any atom is -0.497 e. The number of aromatic nitrogens is 2. The van der Waals surface area contributed by atoms with E-state index in [0.29, 0.717) is 29.5 Å². The van der Waals surface area contributed by atoms with Crippen LogP contribution < -0.4 is 14.8 Å². The molecule has 156 valence electrons. The van der Waals surface area contributed by atoms with Crippen LogP contribution in [0.4, 0.5) is 5.69 Å². The van der Waals surface area contributed by atoms with Crippen LogP contribution in [0.2, 0.25) is 0 Å². The van der Waals surface area contributed by atoms with Gasteiger partial charge in [0.2, 0.25) is 5.91 Å². The van der Waals surface area contributed by atoms with Gasteiger partial charge in [-0.25, -0.2) is 0 Å². The zero-order valence-corrected chi connectivity index (χ0v) is 17.6. The van der Waals surface area contributed by atoms with E-state index in [4.69, 9.17) is 9.47 Å². The third-order valence-electron chi connectivity index (χ3n) is 5.62. The predicted molar refractivity (Wildman–Crippen MR) is 117 cm³/mol. The summed E-state index contributed by atoms with van der Waals surface area (Å²) in [5, 5.41) is 10.9. The van der Waals surface area contributed by atoms with Crippen LogP contribution in [0.15, 0.2) is 48.5 Å². The number of carbonyl (C=O) groups excluding carboxylic acids is 1. The van der Waals surface area contributed by atoms with Gasteiger partial charge >= 0.3 is 0 Å². The van der Waals surface area contributed by atoms with Crippen molar-refractivity contribution in [2.75, 3.05) is 19.5 Å². The predicted octanol–water partition coefficient (Wildman–Crippen LogP) is 5.10. The summed E-state index contributed by atoms with van der Waals surface area (Å²) in [6, 6.07) is 15.5. The molecule has 0 bridgehead atoms. The Balaban J connectivity index is 1.71. The lowest BCUT2D eigenvalue weighted by Gasteiger charge is -2.17. The van der Waals surface area contributed by atoms with E-state index in [-0.39, 0.29) is 11.8 Å². The minimum atomic E-state index is -0.223. The molecule has 1 saturated carbocycles. The number of methoxy groups -OCH3 is 2. The molecule has 2 N–H and O–H groups in total. The van der Waals surface area contributed by atoms with Gasteiger partial charge in [0, 0.05) is 17.5 Å². The molecule has 30 heavy (non-hydrogen) atoms. The van der Waals surface area contributed by atoms with Gasteiger partial charge in [0.1, 0.15) is 17.2 Å². The molecule has 1 aliphatic carbocycles. The van der Waals surface area contributed by atoms with Gasteiger partial charge in [0.05, 0.1) is 31.5 Å². The van der Waals surface area contributed by atoms with Gasteiger partial charge in [-0.15, -0.1) is 0 Å². The maximum Gasteiger partial charge on any atom is 0.232 e. The molecule has 2 aromatic carbocycles. The Morgan fingerprint density at radius 2 is 1.93 bits per heavy atom. The van der Waals surface area contributed by atoms with Gasteiger partial charge in [0.15, 0.2) is 0 Å². The molecule has 4 rings (SSSR count). The summed E-state index contributed by atoms with van der Waals surface area (Å²) in [6.45, 7) is 2.03. The molecule has 1 atom stereocenters. The summed E-state index contributed by atoms with van der Waals surface area (Å²) in [7, 11) is 3.24. The number of H-pyrrole nitrogens is 1. The topological polar surface area (TPSA) is 76.2 Å². The van der Waals surface area contributed by atoms with Gasteiger partial charge in [-0.2, -0.15) is 5.10 Å². The average Bonchev–Trinajstić information content (AvgIpc) is 3.55. The quantitative estimate of drug-likeness (QED) is 0.546. The van der Waals surface area contributed by atoms with Crippen LogP contribution >= 0.6 is 0 Å². The van der Waals surface area contributed by atoms with Gasteiger partial charge < -0.3 is 14.8 Å². The number of nitrogens with zero attached hydrogens (tertiary/aromatic N) is 1. The van der Waals surface area contributed by atoms with E-state index in [1.54, 1.807) is 14.2 Å². The monoisotopic (exact) mass is 405 g/mol. The Morgan fingerprint density at radius 3 is 2.57 bits per heavy atom. The van der Waals surface area contributed by atoms with E-state index in [9.17, 15) is 4.79 Å². The van der Waals surface area contributed by atoms with Crippen molar-refractivity contribution < 1.29 is 14.3 Å². The molecule has 6 heteroatoms. The number of nitrogens with one attached hydrogen (secondary N) is 2. The van der Waals surface area contributed by atoms with Crippen molar-refractivity contribution in [3.8, 4) is 22.8 Å². The standard InChI is InChI=1S/C24H27N3O3/c1-4-18(15-8-6-5-7-9-15)24(28)25-23-21(16-10-11-16)26-27-22(23)19-13-12-17(29-2)14-20(19)30-3/h5-9,12-14,16,18H,4,10-11H2,1-3H3,(H,25,28)(H,26,27). The Labute approximate surface area is 176 Å². The van der Waals surface area contributed by atoms with Crippen LogP contribution in [-0.2, 0) is 4.79 Å². The van der Waals surface area contributed by atoms with Crippen molar-refractivity contribution in [2.45, 2.75) is 38.0 Å². The van der Waals surface area contributed by atoms with Gasteiger partial charge in [0.25, 0.3) is 0 Å². The molecular formula is C24H27N3O3. The van der Waals surface area contributed by atoms with Crippen LogP contribution in [0.5, 0.6) is 11.5 Å². The number of rotatable bonds is 8. The molecule has 1 fully saturated rings. The SMILES string of the molecule is CCC(C(=O)Nc1c(-c2ccc(OC)cc2OC)n[nH]c1C1CC1)c1ccccc1. The summed E-state index contributed by atoms with van der Waals surface area (Å²) in [4.78, 5) is 13.3. The first-order chi connectivity index (χ1) is 14.7. The molecule has 1 amide bonds. The molecule has 0 spiro atoms. The van der Waals surface area contributed by atoms with Crippen molar-refractivity contribution in [1.29, 1.82) is 0 Å². The maximum atomic E-state index is 13.3. The number of hydrogen-bond acceptors (Lipinski definition) is 4. The molecule has 0 radical (unpaired) electrons. The lowest BCUT2D eigenvalue weighted by Crippen LogP contribution is -2.21. The fourth-order valence-corrected chi connectivity index (χ4v) is 3.81. The summed E-state index contributed by atoms with van der Waals surface area (Å²) in [5.41, 5.74) is 4.24. The summed E-state index contributed by atoms with van der Waals surface area (Å²) in [5.74, 6) is 1.50. The molecule has 0 aliphatic heterocycles. The van der Waals surface area contributed by atoms with E-state index >= 15 is 0 Å². The Hall–Kier alpha value is -3.28. The lowest BCUT2D eigenvalue weighted by molar-refractivity contribution is -0.117. The normalized spacial score (nSPS) is 14.2. The van der Waals surface area contributed by atoms with Crippen molar-refractivity contribution in [1.82, 2.24) is 10.2 Å². The van der Waals surface area contributed by atoms with Gasteiger partial charge in [-0.05, 0) is 37.0 Å².